The number of hydrogen-bond acceptors (Lipinski definition) is 1. The number of ether oxygens (including phenoxy) is 1. The Kier molecular flexibility index (Phi) is 6.54. The summed E-state index contributed by atoms with van der Waals surface area (Å²) < 4.78 is 5.41. The maximum Gasteiger partial charge on any atom is 0.117 e. The molecule has 0 spiro atoms. The molecule has 0 unspecified atom stereocenters. The van der Waals surface area contributed by atoms with E-state index in [1.54, 1.807) is 6.08 Å². The predicted octanol–water partition coefficient (Wildman–Crippen LogP) is 3.67. The van der Waals surface area contributed by atoms with Crippen molar-refractivity contribution in [2.75, 3.05) is 6.61 Å². The average molecular weight is 168 g/mol. The summed E-state index contributed by atoms with van der Waals surface area (Å²) in [7, 11) is 0. The summed E-state index contributed by atoms with van der Waals surface area (Å²) in [5.74, 6) is 0.964. The van der Waals surface area contributed by atoms with E-state index >= 15 is 0 Å². The fourth-order valence-corrected chi connectivity index (χ4v) is 1.08. The molecule has 0 aromatic rings. The van der Waals surface area contributed by atoms with Crippen molar-refractivity contribution in [2.24, 2.45) is 0 Å². The molecule has 0 saturated heterocycles. The molecule has 0 aromatic carbocycles. The third-order valence-electron chi connectivity index (χ3n) is 1.81. The summed E-state index contributed by atoms with van der Waals surface area (Å²) >= 11 is 0. The molecular formula is C11H20O. The molecule has 1 nitrogen and oxygen atoms in total. The fourth-order valence-electron chi connectivity index (χ4n) is 1.08. The summed E-state index contributed by atoms with van der Waals surface area (Å²) in [5, 5.41) is 0. The van der Waals surface area contributed by atoms with E-state index in [1.807, 2.05) is 6.92 Å². The maximum atomic E-state index is 5.41. The molecule has 0 saturated carbocycles. The van der Waals surface area contributed by atoms with Gasteiger partial charge in [0.15, 0.2) is 0 Å². The minimum atomic E-state index is 0.727. The van der Waals surface area contributed by atoms with E-state index in [2.05, 4.69) is 20.4 Å². The lowest BCUT2D eigenvalue weighted by Crippen LogP contribution is -1.92. The lowest BCUT2D eigenvalue weighted by molar-refractivity contribution is 0.238. The van der Waals surface area contributed by atoms with Gasteiger partial charge in [0.1, 0.15) is 5.76 Å². The van der Waals surface area contributed by atoms with Crippen LogP contribution in [0.15, 0.2) is 24.0 Å². The first-order valence-electron chi connectivity index (χ1n) is 4.71. The first kappa shape index (κ1) is 11.3. The van der Waals surface area contributed by atoms with Gasteiger partial charge < -0.3 is 4.74 Å². The second-order valence-corrected chi connectivity index (χ2v) is 2.89. The van der Waals surface area contributed by atoms with Gasteiger partial charge in [0, 0.05) is 0 Å². The summed E-state index contributed by atoms with van der Waals surface area (Å²) in [6.45, 7) is 10.8. The zero-order valence-electron chi connectivity index (χ0n) is 8.52. The lowest BCUT2D eigenvalue weighted by atomic mass is 10.1. The van der Waals surface area contributed by atoms with Crippen molar-refractivity contribution in [3.8, 4) is 0 Å². The van der Waals surface area contributed by atoms with Crippen LogP contribution >= 0.6 is 0 Å². The van der Waals surface area contributed by atoms with Crippen LogP contribution < -0.4 is 0 Å². The molecule has 0 fully saturated rings. The highest BCUT2D eigenvalue weighted by atomic mass is 16.5. The van der Waals surface area contributed by atoms with Crippen LogP contribution in [0, 0.1) is 0 Å². The van der Waals surface area contributed by atoms with Gasteiger partial charge in [-0.3, -0.25) is 0 Å². The topological polar surface area (TPSA) is 9.23 Å². The van der Waals surface area contributed by atoms with Gasteiger partial charge in [-0.25, -0.2) is 0 Å². The summed E-state index contributed by atoms with van der Waals surface area (Å²) in [6, 6.07) is 0. The first-order valence-corrected chi connectivity index (χ1v) is 4.71. The monoisotopic (exact) mass is 168 g/mol. The van der Waals surface area contributed by atoms with Crippen molar-refractivity contribution in [3.05, 3.63) is 24.0 Å². The Morgan fingerprint density at radius 1 is 1.42 bits per heavy atom. The van der Waals surface area contributed by atoms with E-state index in [9.17, 15) is 0 Å². The molecule has 0 aromatic heterocycles. The fraction of sp³-hybridized carbons (Fsp3) is 0.636. The smallest absolute Gasteiger partial charge is 0.117 e. The molecule has 0 rings (SSSR count). The van der Waals surface area contributed by atoms with Crippen molar-refractivity contribution in [1.29, 1.82) is 0 Å². The Balaban J connectivity index is 4.06. The highest BCUT2D eigenvalue weighted by molar-refractivity contribution is 5.16. The molecular weight excluding hydrogens is 148 g/mol. The zero-order valence-corrected chi connectivity index (χ0v) is 8.52. The van der Waals surface area contributed by atoms with Gasteiger partial charge in [-0.2, -0.15) is 0 Å². The quantitative estimate of drug-likeness (QED) is 0.434. The van der Waals surface area contributed by atoms with Gasteiger partial charge in [-0.05, 0) is 38.3 Å². The van der Waals surface area contributed by atoms with E-state index < -0.39 is 0 Å². The summed E-state index contributed by atoms with van der Waals surface area (Å²) in [4.78, 5) is 0. The normalized spacial score (nSPS) is 12.2. The molecule has 0 aliphatic heterocycles. The molecule has 12 heavy (non-hydrogen) atoms. The van der Waals surface area contributed by atoms with Crippen molar-refractivity contribution in [3.63, 3.8) is 0 Å². The predicted molar refractivity (Wildman–Crippen MR) is 54.0 cm³/mol. The Morgan fingerprint density at radius 3 is 2.50 bits per heavy atom. The van der Waals surface area contributed by atoms with Crippen molar-refractivity contribution < 1.29 is 4.74 Å². The van der Waals surface area contributed by atoms with Crippen LogP contribution in [0.3, 0.4) is 0 Å². The van der Waals surface area contributed by atoms with Crippen LogP contribution in [-0.2, 0) is 4.74 Å². The van der Waals surface area contributed by atoms with Crippen LogP contribution in [0.4, 0.5) is 0 Å². The molecule has 0 aliphatic rings. The highest BCUT2D eigenvalue weighted by Crippen LogP contribution is 2.13. The average Bonchev–Trinajstić information content (AvgIpc) is 2.10. The van der Waals surface area contributed by atoms with Gasteiger partial charge in [0.05, 0.1) is 6.61 Å². The largest absolute Gasteiger partial charge is 0.494 e. The summed E-state index contributed by atoms with van der Waals surface area (Å²) in [5.41, 5.74) is 1.31. The minimum Gasteiger partial charge on any atom is -0.494 e. The molecule has 0 amide bonds. The van der Waals surface area contributed by atoms with Crippen LogP contribution in [0.25, 0.3) is 0 Å². The number of unbranched alkanes of at least 4 members (excludes halogenated alkanes) is 1. The SMILES string of the molecule is C=CC(OCC)=C(C)CCCC. The highest BCUT2D eigenvalue weighted by Gasteiger charge is 1.97. The molecule has 0 aliphatic carbocycles. The van der Waals surface area contributed by atoms with Crippen molar-refractivity contribution in [1.82, 2.24) is 0 Å². The first-order chi connectivity index (χ1) is 5.76. The molecule has 0 atom stereocenters. The van der Waals surface area contributed by atoms with Gasteiger partial charge in [-0.1, -0.05) is 19.9 Å². The zero-order chi connectivity index (χ0) is 9.40. The van der Waals surface area contributed by atoms with E-state index in [4.69, 9.17) is 4.74 Å². The third-order valence-corrected chi connectivity index (χ3v) is 1.81. The number of hydrogen-bond donors (Lipinski definition) is 0. The van der Waals surface area contributed by atoms with Gasteiger partial charge >= 0.3 is 0 Å². The van der Waals surface area contributed by atoms with Gasteiger partial charge in [0.25, 0.3) is 0 Å². The molecule has 0 radical (unpaired) electrons. The van der Waals surface area contributed by atoms with E-state index in [1.165, 1.54) is 18.4 Å². The van der Waals surface area contributed by atoms with Gasteiger partial charge in [0.2, 0.25) is 0 Å². The van der Waals surface area contributed by atoms with Crippen LogP contribution in [0.2, 0.25) is 0 Å². The number of rotatable bonds is 6. The van der Waals surface area contributed by atoms with Crippen LogP contribution in [-0.4, -0.2) is 6.61 Å². The lowest BCUT2D eigenvalue weighted by Gasteiger charge is -2.08. The molecule has 70 valence electrons. The molecule has 1 heteroatoms. The molecule has 0 heterocycles. The van der Waals surface area contributed by atoms with Crippen molar-refractivity contribution in [2.45, 2.75) is 40.0 Å². The van der Waals surface area contributed by atoms with E-state index in [-0.39, 0.29) is 0 Å². The van der Waals surface area contributed by atoms with Crippen molar-refractivity contribution >= 4 is 0 Å². The van der Waals surface area contributed by atoms with Crippen LogP contribution in [0.1, 0.15) is 40.0 Å². The standard InChI is InChI=1S/C11H20O/c1-5-8-9-10(4)11(6-2)12-7-3/h6H,2,5,7-9H2,1,3-4H3. The molecule has 0 N–H and O–H groups in total. The Morgan fingerprint density at radius 2 is 2.08 bits per heavy atom. The van der Waals surface area contributed by atoms with Gasteiger partial charge in [-0.15, -0.1) is 0 Å². The Labute approximate surface area is 76.1 Å². The maximum absolute atomic E-state index is 5.41. The summed E-state index contributed by atoms with van der Waals surface area (Å²) in [6.07, 6.45) is 5.39. The Hall–Kier alpha value is -0.720. The van der Waals surface area contributed by atoms with Crippen LogP contribution in [0.5, 0.6) is 0 Å². The second-order valence-electron chi connectivity index (χ2n) is 2.89. The van der Waals surface area contributed by atoms with E-state index in [0.29, 0.717) is 0 Å². The Bertz CT molecular complexity index is 156. The third kappa shape index (κ3) is 4.22. The second kappa shape index (κ2) is 6.96. The molecule has 0 bridgehead atoms. The number of allylic oxidation sites excluding steroid dienone is 2. The van der Waals surface area contributed by atoms with E-state index in [0.717, 1.165) is 18.8 Å². The minimum absolute atomic E-state index is 0.727.